The van der Waals surface area contributed by atoms with Gasteiger partial charge in [-0.1, -0.05) is 84.4 Å². The van der Waals surface area contributed by atoms with Gasteiger partial charge in [-0.2, -0.15) is 13.2 Å². The molecular weight excluding hydrogens is 685 g/mol. The summed E-state index contributed by atoms with van der Waals surface area (Å²) in [5.74, 6) is -0.380. The molecule has 9 nitrogen and oxygen atoms in total. The van der Waals surface area contributed by atoms with Crippen LogP contribution in [0.5, 0.6) is 5.88 Å². The highest BCUT2D eigenvalue weighted by atomic mass is 19.4. The highest BCUT2D eigenvalue weighted by molar-refractivity contribution is 6.08. The minimum absolute atomic E-state index is 0.140. The third-order valence-electron chi connectivity index (χ3n) is 8.03. The lowest BCUT2D eigenvalue weighted by atomic mass is 9.98. The number of hydrogen-bond donors (Lipinski definition) is 3. The molecule has 0 saturated heterocycles. The van der Waals surface area contributed by atoms with Crippen LogP contribution in [0.2, 0.25) is 0 Å². The van der Waals surface area contributed by atoms with Crippen LogP contribution in [0.3, 0.4) is 0 Å². The lowest BCUT2D eigenvalue weighted by molar-refractivity contribution is -0.137. The minimum atomic E-state index is -4.49. The van der Waals surface area contributed by atoms with Crippen molar-refractivity contribution in [3.8, 4) is 28.1 Å². The van der Waals surface area contributed by atoms with Gasteiger partial charge in [-0.25, -0.2) is 9.59 Å². The molecule has 0 aliphatic heterocycles. The Kier molecular flexibility index (Phi) is 11.9. The number of carbonyl (C=O) groups is 3. The summed E-state index contributed by atoms with van der Waals surface area (Å²) in [7, 11) is 0. The van der Waals surface area contributed by atoms with E-state index in [9.17, 15) is 27.6 Å². The first kappa shape index (κ1) is 38.2. The van der Waals surface area contributed by atoms with Gasteiger partial charge in [0.05, 0.1) is 11.3 Å². The van der Waals surface area contributed by atoms with E-state index in [4.69, 9.17) is 9.47 Å². The van der Waals surface area contributed by atoms with Gasteiger partial charge in [0, 0.05) is 37.5 Å². The van der Waals surface area contributed by atoms with Crippen molar-refractivity contribution in [2.75, 3.05) is 11.9 Å². The van der Waals surface area contributed by atoms with Crippen molar-refractivity contribution in [3.05, 3.63) is 132 Å². The van der Waals surface area contributed by atoms with Gasteiger partial charge in [0.25, 0.3) is 5.91 Å². The Labute approximate surface area is 306 Å². The number of rotatable bonds is 11. The standard InChI is InChI=1S/C41H41F3N4O5/c1-27-10-14-29(15-11-27)30-16-12-28(13-17-30)25-46-38(50)52-36-24-33(26-48(36)23-7-22-45-39(51)53-40(2,3)4)47-37(49)35-9-6-5-8-34(35)31-18-20-32(21-19-31)41(42,43)44/h5-6,8-21,24,26H,7,22-23,25H2,1-4H3,(H,45,51)(H,46,50)(H,47,49). The van der Waals surface area contributed by atoms with Gasteiger partial charge in [-0.3, -0.25) is 4.79 Å². The molecule has 12 heteroatoms. The molecule has 0 radical (unpaired) electrons. The van der Waals surface area contributed by atoms with Crippen molar-refractivity contribution in [1.29, 1.82) is 0 Å². The molecule has 0 spiro atoms. The Morgan fingerprint density at radius 1 is 0.755 bits per heavy atom. The van der Waals surface area contributed by atoms with Crippen LogP contribution in [0, 0.1) is 6.92 Å². The highest BCUT2D eigenvalue weighted by Crippen LogP contribution is 2.32. The summed E-state index contributed by atoms with van der Waals surface area (Å²) >= 11 is 0. The molecule has 0 bridgehead atoms. The first-order valence-electron chi connectivity index (χ1n) is 17.0. The number of aromatic nitrogens is 1. The Balaban J connectivity index is 1.28. The number of alkyl carbamates (subject to hydrolysis) is 1. The molecule has 3 N–H and O–H groups in total. The molecule has 5 rings (SSSR count). The molecule has 0 fully saturated rings. The summed E-state index contributed by atoms with van der Waals surface area (Å²) in [6.45, 7) is 8.09. The molecule has 0 aliphatic rings. The second kappa shape index (κ2) is 16.5. The van der Waals surface area contributed by atoms with E-state index in [0.717, 1.165) is 28.8 Å². The maximum Gasteiger partial charge on any atom is 0.416 e. The average molecular weight is 727 g/mol. The van der Waals surface area contributed by atoms with E-state index in [1.807, 2.05) is 43.3 Å². The number of ether oxygens (including phenoxy) is 2. The fourth-order valence-corrected chi connectivity index (χ4v) is 5.41. The zero-order valence-corrected chi connectivity index (χ0v) is 29.8. The van der Waals surface area contributed by atoms with Gasteiger partial charge in [0.1, 0.15) is 5.60 Å². The van der Waals surface area contributed by atoms with E-state index < -0.39 is 35.4 Å². The molecular formula is C41H41F3N4O5. The number of nitrogens with zero attached hydrogens (tertiary/aromatic N) is 1. The van der Waals surface area contributed by atoms with Gasteiger partial charge in [0.2, 0.25) is 5.88 Å². The summed E-state index contributed by atoms with van der Waals surface area (Å²) in [6.07, 6.45) is -3.74. The fraction of sp³-hybridized carbons (Fsp3) is 0.244. The molecule has 0 saturated carbocycles. The lowest BCUT2D eigenvalue weighted by Crippen LogP contribution is -2.33. The summed E-state index contributed by atoms with van der Waals surface area (Å²) in [4.78, 5) is 38.6. The largest absolute Gasteiger partial charge is 0.444 e. The van der Waals surface area contributed by atoms with Crippen LogP contribution in [0.25, 0.3) is 22.3 Å². The number of alkyl halides is 3. The van der Waals surface area contributed by atoms with Crippen molar-refractivity contribution in [2.45, 2.75) is 59.0 Å². The quantitative estimate of drug-likeness (QED) is 0.118. The number of nitrogens with one attached hydrogen (secondary N) is 3. The second-order valence-electron chi connectivity index (χ2n) is 13.4. The average Bonchev–Trinajstić information content (AvgIpc) is 3.48. The van der Waals surface area contributed by atoms with E-state index in [1.54, 1.807) is 55.8 Å². The predicted molar refractivity (Wildman–Crippen MR) is 198 cm³/mol. The number of hydrogen-bond acceptors (Lipinski definition) is 5. The van der Waals surface area contributed by atoms with Crippen molar-refractivity contribution >= 4 is 23.8 Å². The van der Waals surface area contributed by atoms with Crippen molar-refractivity contribution in [1.82, 2.24) is 15.2 Å². The molecule has 0 aliphatic carbocycles. The van der Waals surface area contributed by atoms with Crippen LogP contribution >= 0.6 is 0 Å². The molecule has 53 heavy (non-hydrogen) atoms. The molecule has 0 atom stereocenters. The fourth-order valence-electron chi connectivity index (χ4n) is 5.41. The minimum Gasteiger partial charge on any atom is -0.444 e. The SMILES string of the molecule is Cc1ccc(-c2ccc(CNC(=O)Oc3cc(NC(=O)c4ccccc4-c4ccc(C(F)(F)F)cc4)cn3CCCNC(=O)OC(C)(C)C)cc2)cc1. The third-order valence-corrected chi connectivity index (χ3v) is 8.03. The van der Waals surface area contributed by atoms with Crippen LogP contribution in [0.4, 0.5) is 28.4 Å². The van der Waals surface area contributed by atoms with Gasteiger partial charge in [-0.15, -0.1) is 0 Å². The zero-order chi connectivity index (χ0) is 38.2. The number of amides is 3. The van der Waals surface area contributed by atoms with E-state index in [1.165, 1.54) is 23.8 Å². The Hall–Kier alpha value is -6.04. The molecule has 4 aromatic carbocycles. The first-order valence-corrected chi connectivity index (χ1v) is 17.0. The Morgan fingerprint density at radius 3 is 2.02 bits per heavy atom. The summed E-state index contributed by atoms with van der Waals surface area (Å²) in [6, 6.07) is 28.6. The normalized spacial score (nSPS) is 11.5. The maximum atomic E-state index is 13.5. The van der Waals surface area contributed by atoms with Crippen LogP contribution in [-0.2, 0) is 24.0 Å². The summed E-state index contributed by atoms with van der Waals surface area (Å²) < 4.78 is 52.0. The number of benzene rings is 4. The van der Waals surface area contributed by atoms with E-state index in [0.29, 0.717) is 29.8 Å². The van der Waals surface area contributed by atoms with Crippen LogP contribution in [0.15, 0.2) is 109 Å². The molecule has 1 aromatic heterocycles. The molecule has 276 valence electrons. The number of carbonyl (C=O) groups excluding carboxylic acids is 3. The van der Waals surface area contributed by atoms with Crippen LogP contribution in [0.1, 0.15) is 54.2 Å². The Morgan fingerprint density at radius 2 is 1.38 bits per heavy atom. The molecule has 3 amide bonds. The smallest absolute Gasteiger partial charge is 0.416 e. The Bertz CT molecular complexity index is 2030. The summed E-state index contributed by atoms with van der Waals surface area (Å²) in [5.41, 5.74) is 4.14. The van der Waals surface area contributed by atoms with Gasteiger partial charge < -0.3 is 30.0 Å². The molecule has 1 heterocycles. The van der Waals surface area contributed by atoms with E-state index in [-0.39, 0.29) is 24.5 Å². The highest BCUT2D eigenvalue weighted by Gasteiger charge is 2.30. The third kappa shape index (κ3) is 11.0. The number of anilines is 1. The molecule has 0 unspecified atom stereocenters. The van der Waals surface area contributed by atoms with E-state index >= 15 is 0 Å². The van der Waals surface area contributed by atoms with Gasteiger partial charge in [-0.05, 0) is 80.1 Å². The van der Waals surface area contributed by atoms with Gasteiger partial charge in [0.15, 0.2) is 0 Å². The van der Waals surface area contributed by atoms with E-state index in [2.05, 4.69) is 28.1 Å². The van der Waals surface area contributed by atoms with Crippen molar-refractivity contribution < 1.29 is 37.0 Å². The maximum absolute atomic E-state index is 13.5. The predicted octanol–water partition coefficient (Wildman–Crippen LogP) is 9.61. The number of halogens is 3. The molecule has 5 aromatic rings. The first-order chi connectivity index (χ1) is 25.1. The monoisotopic (exact) mass is 726 g/mol. The van der Waals surface area contributed by atoms with Gasteiger partial charge >= 0.3 is 18.4 Å². The van der Waals surface area contributed by atoms with Crippen LogP contribution < -0.4 is 20.7 Å². The summed E-state index contributed by atoms with van der Waals surface area (Å²) in [5, 5.41) is 8.26. The number of aryl methyl sites for hydroxylation is 2. The van der Waals surface area contributed by atoms with Crippen molar-refractivity contribution in [2.24, 2.45) is 0 Å². The lowest BCUT2D eigenvalue weighted by Gasteiger charge is -2.19. The van der Waals surface area contributed by atoms with Crippen molar-refractivity contribution in [3.63, 3.8) is 0 Å². The van der Waals surface area contributed by atoms with Crippen LogP contribution in [-0.4, -0.2) is 34.8 Å². The topological polar surface area (TPSA) is 111 Å². The second-order valence-corrected chi connectivity index (χ2v) is 13.4. The zero-order valence-electron chi connectivity index (χ0n) is 29.8.